The van der Waals surface area contributed by atoms with Crippen molar-refractivity contribution in [1.82, 2.24) is 9.47 Å². The van der Waals surface area contributed by atoms with Crippen LogP contribution in [0.1, 0.15) is 62.6 Å². The van der Waals surface area contributed by atoms with E-state index in [9.17, 15) is 24.4 Å². The average Bonchev–Trinajstić information content (AvgIpc) is 3.14. The van der Waals surface area contributed by atoms with Gasteiger partial charge in [0.1, 0.15) is 21.8 Å². The van der Waals surface area contributed by atoms with Crippen LogP contribution in [-0.2, 0) is 25.7 Å². The number of rotatable bonds is 10. The van der Waals surface area contributed by atoms with Crippen molar-refractivity contribution in [3.05, 3.63) is 31.9 Å². The van der Waals surface area contributed by atoms with Crippen molar-refractivity contribution in [1.29, 1.82) is 5.26 Å². The van der Waals surface area contributed by atoms with Crippen molar-refractivity contribution in [3.63, 3.8) is 0 Å². The van der Waals surface area contributed by atoms with Gasteiger partial charge >= 0.3 is 11.9 Å². The zero-order valence-electron chi connectivity index (χ0n) is 21.8. The molecule has 0 radical (unpaired) electrons. The quantitative estimate of drug-likeness (QED) is 0.258. The molecule has 1 aromatic rings. The second-order valence-corrected chi connectivity index (χ2v) is 10.8. The van der Waals surface area contributed by atoms with Crippen molar-refractivity contribution < 1.29 is 24.2 Å². The molecule has 204 valence electrons. The van der Waals surface area contributed by atoms with Gasteiger partial charge in [0.25, 0.3) is 11.5 Å². The summed E-state index contributed by atoms with van der Waals surface area (Å²) in [6.07, 6.45) is 3.88. The molecule has 0 saturated carbocycles. The fourth-order valence-electron chi connectivity index (χ4n) is 4.75. The number of ether oxygens (including phenoxy) is 1. The molecule has 3 rings (SSSR count). The van der Waals surface area contributed by atoms with Crippen LogP contribution in [0.5, 0.6) is 0 Å². The standard InChI is InChI=1S/C26H32N4O6S2/c1-4-10-29-22(28-11-6-8-17(15-28)25(35)36-5-2)18(16(3)19(14-27)23(29)33)13-20-24(34)30(26(37)38-20)12-7-9-21(31)32/h13,17H,4-12,15H2,1-3H3,(H,31,32)/b20-13+. The second-order valence-electron chi connectivity index (χ2n) is 9.17. The van der Waals surface area contributed by atoms with Crippen LogP contribution in [0.3, 0.4) is 0 Å². The second kappa shape index (κ2) is 13.1. The molecule has 2 aliphatic heterocycles. The smallest absolute Gasteiger partial charge is 0.310 e. The number of aliphatic carboxylic acids is 1. The Morgan fingerprint density at radius 1 is 1.29 bits per heavy atom. The molecular weight excluding hydrogens is 528 g/mol. The van der Waals surface area contributed by atoms with Crippen LogP contribution in [0.4, 0.5) is 5.82 Å². The average molecular weight is 561 g/mol. The van der Waals surface area contributed by atoms with Gasteiger partial charge in [0, 0.05) is 38.2 Å². The van der Waals surface area contributed by atoms with E-state index in [2.05, 4.69) is 0 Å². The fourth-order valence-corrected chi connectivity index (χ4v) is 6.04. The molecule has 0 spiro atoms. The van der Waals surface area contributed by atoms with Crippen LogP contribution in [-0.4, -0.2) is 63.0 Å². The number of carbonyl (C=O) groups is 3. The highest BCUT2D eigenvalue weighted by Crippen LogP contribution is 2.37. The maximum Gasteiger partial charge on any atom is 0.310 e. The largest absolute Gasteiger partial charge is 0.481 e. The van der Waals surface area contributed by atoms with Crippen LogP contribution in [0.2, 0.25) is 0 Å². The molecule has 1 aromatic heterocycles. The number of piperidine rings is 1. The van der Waals surface area contributed by atoms with E-state index in [4.69, 9.17) is 22.1 Å². The van der Waals surface area contributed by atoms with E-state index >= 15 is 0 Å². The maximum atomic E-state index is 13.4. The predicted molar refractivity (Wildman–Crippen MR) is 149 cm³/mol. The first-order chi connectivity index (χ1) is 18.1. The van der Waals surface area contributed by atoms with Gasteiger partial charge in [-0.2, -0.15) is 5.26 Å². The SMILES string of the molecule is CCCn1c(N2CCCC(C(=O)OCC)C2)c(/C=C2/SC(=S)N(CCCC(=O)O)C2=O)c(C)c(C#N)c1=O. The summed E-state index contributed by atoms with van der Waals surface area (Å²) < 4.78 is 7.15. The maximum absolute atomic E-state index is 13.4. The first-order valence-corrected chi connectivity index (χ1v) is 13.9. The van der Waals surface area contributed by atoms with Gasteiger partial charge in [-0.25, -0.2) is 0 Å². The lowest BCUT2D eigenvalue weighted by atomic mass is 9.96. The van der Waals surface area contributed by atoms with E-state index < -0.39 is 11.5 Å². The van der Waals surface area contributed by atoms with Crippen LogP contribution < -0.4 is 10.5 Å². The molecule has 1 N–H and O–H groups in total. The number of carboxylic acid groups (broad SMARTS) is 1. The van der Waals surface area contributed by atoms with Crippen LogP contribution in [0.15, 0.2) is 9.70 Å². The molecule has 1 amide bonds. The summed E-state index contributed by atoms with van der Waals surface area (Å²) in [6, 6.07) is 2.03. The number of thiocarbonyl (C=S) groups is 1. The van der Waals surface area contributed by atoms with Gasteiger partial charge in [-0.1, -0.05) is 30.9 Å². The third-order valence-corrected chi connectivity index (χ3v) is 7.93. The lowest BCUT2D eigenvalue weighted by Crippen LogP contribution is -2.43. The fraction of sp³-hybridized carbons (Fsp3) is 0.538. The van der Waals surface area contributed by atoms with Crippen molar-refractivity contribution in [3.8, 4) is 6.07 Å². The Hall–Kier alpha value is -3.17. The van der Waals surface area contributed by atoms with Crippen molar-refractivity contribution in [2.45, 2.75) is 59.4 Å². The molecule has 10 nitrogen and oxygen atoms in total. The number of aromatic nitrogens is 1. The van der Waals surface area contributed by atoms with E-state index in [0.717, 1.165) is 11.8 Å². The Bertz CT molecular complexity index is 1270. The zero-order chi connectivity index (χ0) is 28.0. The van der Waals surface area contributed by atoms with Crippen LogP contribution in [0, 0.1) is 24.2 Å². The van der Waals surface area contributed by atoms with Crippen molar-refractivity contribution in [2.24, 2.45) is 5.92 Å². The number of thioether (sulfide) groups is 1. The minimum Gasteiger partial charge on any atom is -0.481 e. The van der Waals surface area contributed by atoms with Gasteiger partial charge in [-0.15, -0.1) is 0 Å². The van der Waals surface area contributed by atoms with E-state index in [0.29, 0.717) is 65.1 Å². The molecule has 1 atom stereocenters. The van der Waals surface area contributed by atoms with Crippen LogP contribution >= 0.6 is 24.0 Å². The molecule has 38 heavy (non-hydrogen) atoms. The minimum absolute atomic E-state index is 0.00402. The zero-order valence-corrected chi connectivity index (χ0v) is 23.5. The molecule has 2 fully saturated rings. The third-order valence-electron chi connectivity index (χ3n) is 6.56. The molecule has 0 aromatic carbocycles. The Kier molecular flexibility index (Phi) is 10.1. The predicted octanol–water partition coefficient (Wildman–Crippen LogP) is 3.28. The molecule has 1 unspecified atom stereocenters. The number of amides is 1. The van der Waals surface area contributed by atoms with Gasteiger partial charge in [0.05, 0.1) is 17.4 Å². The molecular formula is C26H32N4O6S2. The van der Waals surface area contributed by atoms with Crippen LogP contribution in [0.25, 0.3) is 6.08 Å². The Balaban J connectivity index is 2.12. The number of anilines is 1. The summed E-state index contributed by atoms with van der Waals surface area (Å²) >= 11 is 6.50. The molecule has 3 heterocycles. The topological polar surface area (TPSA) is 133 Å². The Morgan fingerprint density at radius 2 is 2.03 bits per heavy atom. The number of nitriles is 1. The highest BCUT2D eigenvalue weighted by molar-refractivity contribution is 8.26. The van der Waals surface area contributed by atoms with Gasteiger partial charge in [-0.3, -0.25) is 28.6 Å². The Morgan fingerprint density at radius 3 is 2.66 bits per heavy atom. The summed E-state index contributed by atoms with van der Waals surface area (Å²) in [4.78, 5) is 53.8. The van der Waals surface area contributed by atoms with E-state index in [1.165, 1.54) is 4.90 Å². The number of hydrogen-bond acceptors (Lipinski definition) is 9. The first-order valence-electron chi connectivity index (χ1n) is 12.7. The van der Waals surface area contributed by atoms with Gasteiger partial charge in [0.2, 0.25) is 0 Å². The number of esters is 1. The molecule has 2 saturated heterocycles. The minimum atomic E-state index is -0.948. The summed E-state index contributed by atoms with van der Waals surface area (Å²) in [5.74, 6) is -1.36. The Labute approximate surface area is 231 Å². The summed E-state index contributed by atoms with van der Waals surface area (Å²) in [5, 5.41) is 18.8. The van der Waals surface area contributed by atoms with Gasteiger partial charge in [0.15, 0.2) is 0 Å². The van der Waals surface area contributed by atoms with E-state index in [1.54, 1.807) is 24.5 Å². The van der Waals surface area contributed by atoms with Crippen molar-refractivity contribution >= 4 is 58.0 Å². The number of pyridine rings is 1. The summed E-state index contributed by atoms with van der Waals surface area (Å²) in [5.41, 5.74) is 0.613. The summed E-state index contributed by atoms with van der Waals surface area (Å²) in [7, 11) is 0. The monoisotopic (exact) mass is 560 g/mol. The highest BCUT2D eigenvalue weighted by atomic mass is 32.2. The number of carboxylic acids is 1. The molecule has 0 bridgehead atoms. The number of hydrogen-bond donors (Lipinski definition) is 1. The molecule has 0 aliphatic carbocycles. The first kappa shape index (κ1) is 29.4. The van der Waals surface area contributed by atoms with E-state index in [1.807, 2.05) is 17.9 Å². The van der Waals surface area contributed by atoms with Gasteiger partial charge in [-0.05, 0) is 51.2 Å². The van der Waals surface area contributed by atoms with E-state index in [-0.39, 0.29) is 49.4 Å². The number of nitrogens with zero attached hydrogens (tertiary/aromatic N) is 4. The highest BCUT2D eigenvalue weighted by Gasteiger charge is 2.34. The molecule has 12 heteroatoms. The summed E-state index contributed by atoms with van der Waals surface area (Å²) in [6.45, 7) is 7.16. The lowest BCUT2D eigenvalue weighted by molar-refractivity contribution is -0.148. The molecule has 2 aliphatic rings. The van der Waals surface area contributed by atoms with Crippen molar-refractivity contribution in [2.75, 3.05) is 31.1 Å². The third kappa shape index (κ3) is 6.27. The number of carbonyl (C=O) groups excluding carboxylic acids is 2. The van der Waals surface area contributed by atoms with Gasteiger partial charge < -0.3 is 14.7 Å². The lowest BCUT2D eigenvalue weighted by Gasteiger charge is -2.36. The normalized spacial score (nSPS) is 18.7.